The summed E-state index contributed by atoms with van der Waals surface area (Å²) in [7, 11) is 2.11. The minimum atomic E-state index is -0.314. The summed E-state index contributed by atoms with van der Waals surface area (Å²) in [4.78, 5) is 18.2. The molecule has 1 saturated heterocycles. The lowest BCUT2D eigenvalue weighted by Crippen LogP contribution is -2.45. The van der Waals surface area contributed by atoms with Gasteiger partial charge < -0.3 is 9.80 Å². The smallest absolute Gasteiger partial charge is 0.223 e. The SMILES string of the molecule is CCN(C(=O)CC1(c2ccc(F)c(C)c2)CCN(C)CC1)C(C)c1cc(C#N)cc2ccccc12. The zero-order valence-corrected chi connectivity index (χ0v) is 21.1. The summed E-state index contributed by atoms with van der Waals surface area (Å²) in [5.41, 5.74) is 2.95. The van der Waals surface area contributed by atoms with Crippen LogP contribution in [0.25, 0.3) is 10.8 Å². The van der Waals surface area contributed by atoms with E-state index in [0.29, 0.717) is 24.1 Å². The van der Waals surface area contributed by atoms with Crippen molar-refractivity contribution in [2.24, 2.45) is 0 Å². The average molecular weight is 472 g/mol. The van der Waals surface area contributed by atoms with E-state index in [-0.39, 0.29) is 23.2 Å². The highest BCUT2D eigenvalue weighted by Gasteiger charge is 2.39. The van der Waals surface area contributed by atoms with Crippen LogP contribution in [0.1, 0.15) is 61.4 Å². The predicted octanol–water partition coefficient (Wildman–Crippen LogP) is 6.12. The summed E-state index contributed by atoms with van der Waals surface area (Å²) in [6, 6.07) is 19.3. The molecule has 1 atom stereocenters. The van der Waals surface area contributed by atoms with Gasteiger partial charge in [-0.05, 0) is 99.4 Å². The summed E-state index contributed by atoms with van der Waals surface area (Å²) in [5, 5.41) is 11.7. The van der Waals surface area contributed by atoms with Crippen LogP contribution in [-0.2, 0) is 10.2 Å². The molecule has 5 heteroatoms. The maximum atomic E-state index is 14.1. The lowest BCUT2D eigenvalue weighted by molar-refractivity contribution is -0.135. The molecule has 35 heavy (non-hydrogen) atoms. The molecule has 1 fully saturated rings. The fraction of sp³-hybridized carbons (Fsp3) is 0.400. The van der Waals surface area contributed by atoms with E-state index in [1.807, 2.05) is 61.2 Å². The number of hydrogen-bond donors (Lipinski definition) is 0. The number of rotatable bonds is 6. The number of nitrogens with zero attached hydrogens (tertiary/aromatic N) is 3. The minimum Gasteiger partial charge on any atom is -0.336 e. The first-order chi connectivity index (χ1) is 16.8. The largest absolute Gasteiger partial charge is 0.336 e. The second-order valence-electron chi connectivity index (χ2n) is 9.98. The number of hydrogen-bond acceptors (Lipinski definition) is 3. The number of aryl methyl sites for hydroxylation is 1. The Labute approximate surface area is 208 Å². The van der Waals surface area contributed by atoms with Crippen LogP contribution in [0.3, 0.4) is 0 Å². The third kappa shape index (κ3) is 4.94. The summed E-state index contributed by atoms with van der Waals surface area (Å²) in [6.07, 6.45) is 2.11. The number of carbonyl (C=O) groups is 1. The highest BCUT2D eigenvalue weighted by Crippen LogP contribution is 2.40. The van der Waals surface area contributed by atoms with Crippen molar-refractivity contribution in [2.75, 3.05) is 26.7 Å². The molecule has 4 rings (SSSR count). The highest BCUT2D eigenvalue weighted by molar-refractivity contribution is 5.88. The molecule has 1 aliphatic heterocycles. The van der Waals surface area contributed by atoms with Gasteiger partial charge in [-0.25, -0.2) is 4.39 Å². The average Bonchev–Trinajstić information content (AvgIpc) is 2.86. The Morgan fingerprint density at radius 1 is 1.17 bits per heavy atom. The van der Waals surface area contributed by atoms with Gasteiger partial charge in [0.2, 0.25) is 5.91 Å². The van der Waals surface area contributed by atoms with Crippen LogP contribution in [0, 0.1) is 24.1 Å². The van der Waals surface area contributed by atoms with E-state index in [4.69, 9.17) is 0 Å². The Morgan fingerprint density at radius 3 is 2.54 bits per heavy atom. The normalized spacial score (nSPS) is 16.6. The molecule has 0 bridgehead atoms. The first-order valence-electron chi connectivity index (χ1n) is 12.5. The van der Waals surface area contributed by atoms with Crippen molar-refractivity contribution < 1.29 is 9.18 Å². The van der Waals surface area contributed by atoms with Gasteiger partial charge in [0.15, 0.2) is 0 Å². The van der Waals surface area contributed by atoms with Crippen LogP contribution in [-0.4, -0.2) is 42.4 Å². The van der Waals surface area contributed by atoms with Gasteiger partial charge in [0.05, 0.1) is 17.7 Å². The molecule has 1 heterocycles. The summed E-state index contributed by atoms with van der Waals surface area (Å²) < 4.78 is 14.1. The Balaban J connectivity index is 1.69. The van der Waals surface area contributed by atoms with Gasteiger partial charge >= 0.3 is 0 Å². The van der Waals surface area contributed by atoms with Crippen molar-refractivity contribution in [3.8, 4) is 6.07 Å². The second kappa shape index (κ2) is 10.2. The number of piperidine rings is 1. The molecular weight excluding hydrogens is 437 g/mol. The Kier molecular flexibility index (Phi) is 7.23. The predicted molar refractivity (Wildman–Crippen MR) is 139 cm³/mol. The van der Waals surface area contributed by atoms with Crippen LogP contribution in [0.5, 0.6) is 0 Å². The van der Waals surface area contributed by atoms with Crippen molar-refractivity contribution in [2.45, 2.75) is 51.5 Å². The van der Waals surface area contributed by atoms with Gasteiger partial charge in [-0.2, -0.15) is 5.26 Å². The molecule has 0 radical (unpaired) electrons. The van der Waals surface area contributed by atoms with Gasteiger partial charge in [-0.3, -0.25) is 4.79 Å². The fourth-order valence-corrected chi connectivity index (χ4v) is 5.56. The van der Waals surface area contributed by atoms with Gasteiger partial charge in [-0.1, -0.05) is 36.4 Å². The number of carbonyl (C=O) groups excluding carboxylic acids is 1. The van der Waals surface area contributed by atoms with Crippen LogP contribution in [0.4, 0.5) is 4.39 Å². The molecule has 0 aliphatic carbocycles. The van der Waals surface area contributed by atoms with Crippen LogP contribution < -0.4 is 0 Å². The van der Waals surface area contributed by atoms with Crippen molar-refractivity contribution in [1.82, 2.24) is 9.80 Å². The molecule has 0 aromatic heterocycles. The maximum Gasteiger partial charge on any atom is 0.223 e. The Bertz CT molecular complexity index is 1270. The first-order valence-corrected chi connectivity index (χ1v) is 12.5. The molecule has 0 saturated carbocycles. The second-order valence-corrected chi connectivity index (χ2v) is 9.98. The number of halogens is 1. The number of amides is 1. The molecule has 1 unspecified atom stereocenters. The van der Waals surface area contributed by atoms with Crippen molar-refractivity contribution in [3.05, 3.63) is 82.7 Å². The maximum absolute atomic E-state index is 14.1. The lowest BCUT2D eigenvalue weighted by atomic mass is 9.70. The van der Waals surface area contributed by atoms with Crippen molar-refractivity contribution >= 4 is 16.7 Å². The van der Waals surface area contributed by atoms with Crippen LogP contribution >= 0.6 is 0 Å². The molecule has 3 aromatic rings. The number of fused-ring (bicyclic) bond motifs is 1. The molecule has 1 aliphatic rings. The molecule has 182 valence electrons. The molecule has 3 aromatic carbocycles. The number of benzene rings is 3. The van der Waals surface area contributed by atoms with E-state index in [9.17, 15) is 14.4 Å². The van der Waals surface area contributed by atoms with Crippen molar-refractivity contribution in [1.29, 1.82) is 5.26 Å². The third-order valence-electron chi connectivity index (χ3n) is 7.81. The van der Waals surface area contributed by atoms with Crippen LogP contribution in [0.15, 0.2) is 54.6 Å². The molecule has 0 N–H and O–H groups in total. The Morgan fingerprint density at radius 2 is 1.89 bits per heavy atom. The fourth-order valence-electron chi connectivity index (χ4n) is 5.56. The van der Waals surface area contributed by atoms with E-state index in [1.54, 1.807) is 6.92 Å². The van der Waals surface area contributed by atoms with E-state index in [0.717, 1.165) is 47.8 Å². The summed E-state index contributed by atoms with van der Waals surface area (Å²) in [6.45, 7) is 8.23. The number of likely N-dealkylation sites (tertiary alicyclic amines) is 1. The van der Waals surface area contributed by atoms with Gasteiger partial charge in [0.1, 0.15) is 5.82 Å². The van der Waals surface area contributed by atoms with Gasteiger partial charge in [0.25, 0.3) is 0 Å². The van der Waals surface area contributed by atoms with E-state index in [1.165, 1.54) is 6.07 Å². The van der Waals surface area contributed by atoms with E-state index < -0.39 is 0 Å². The quantitative estimate of drug-likeness (QED) is 0.435. The standard InChI is InChI=1S/C30H34FN3O/c1-5-34(22(3)27-18-23(20-32)17-24-8-6-7-9-26(24)27)29(35)19-30(12-14-33(4)15-13-30)25-10-11-28(31)21(2)16-25/h6-11,16-18,22H,5,12-15,19H2,1-4H3. The summed E-state index contributed by atoms with van der Waals surface area (Å²) >= 11 is 0. The van der Waals surface area contributed by atoms with E-state index in [2.05, 4.69) is 24.1 Å². The van der Waals surface area contributed by atoms with Crippen LogP contribution in [0.2, 0.25) is 0 Å². The van der Waals surface area contributed by atoms with Gasteiger partial charge in [-0.15, -0.1) is 0 Å². The minimum absolute atomic E-state index is 0.0953. The highest BCUT2D eigenvalue weighted by atomic mass is 19.1. The monoisotopic (exact) mass is 471 g/mol. The molecule has 1 amide bonds. The van der Waals surface area contributed by atoms with Gasteiger partial charge in [0, 0.05) is 18.4 Å². The zero-order valence-electron chi connectivity index (χ0n) is 21.1. The first kappa shape index (κ1) is 24.9. The topological polar surface area (TPSA) is 47.3 Å². The molecule has 0 spiro atoms. The van der Waals surface area contributed by atoms with Crippen molar-refractivity contribution in [3.63, 3.8) is 0 Å². The number of nitriles is 1. The lowest BCUT2D eigenvalue weighted by Gasteiger charge is -2.42. The summed E-state index contributed by atoms with van der Waals surface area (Å²) in [5.74, 6) is -0.116. The zero-order chi connectivity index (χ0) is 25.2. The molecular formula is C30H34FN3O. The molecule has 4 nitrogen and oxygen atoms in total. The third-order valence-corrected chi connectivity index (χ3v) is 7.81. The van der Waals surface area contributed by atoms with E-state index >= 15 is 0 Å². The Hall–Kier alpha value is -3.23.